The van der Waals surface area contributed by atoms with Crippen LogP contribution in [0.2, 0.25) is 0 Å². The van der Waals surface area contributed by atoms with Crippen LogP contribution < -0.4 is 10.6 Å². The molecular weight excluding hydrogens is 263 g/mol. The highest BCUT2D eigenvalue weighted by atomic mass is 127. The van der Waals surface area contributed by atoms with E-state index in [1.165, 1.54) is 0 Å². The Bertz CT molecular complexity index is 122. The van der Waals surface area contributed by atoms with Crippen molar-refractivity contribution in [3.05, 3.63) is 0 Å². The van der Waals surface area contributed by atoms with Crippen molar-refractivity contribution in [1.82, 2.24) is 10.6 Å². The minimum absolute atomic E-state index is 0.645. The molecule has 0 aromatic carbocycles. The summed E-state index contributed by atoms with van der Waals surface area (Å²) in [5.41, 5.74) is 0. The van der Waals surface area contributed by atoms with Gasteiger partial charge in [0.05, 0.1) is 0 Å². The second kappa shape index (κ2) is 4.77. The lowest BCUT2D eigenvalue weighted by Gasteiger charge is -2.35. The lowest BCUT2D eigenvalue weighted by atomic mass is 10.00. The van der Waals surface area contributed by atoms with Gasteiger partial charge in [-0.25, -0.2) is 0 Å². The van der Waals surface area contributed by atoms with Crippen LogP contribution in [0, 0.1) is 5.92 Å². The smallest absolute Gasteiger partial charge is 0.0310 e. The number of hydrogen-bond donors (Lipinski definition) is 2. The first kappa shape index (κ1) is 10.7. The summed E-state index contributed by atoms with van der Waals surface area (Å²) in [6.07, 6.45) is 0. The molecule has 1 aliphatic rings. The molecule has 0 saturated carbocycles. The topological polar surface area (TPSA) is 24.1 Å². The lowest BCUT2D eigenvalue weighted by molar-refractivity contribution is 0.287. The summed E-state index contributed by atoms with van der Waals surface area (Å²) < 4.78 is 0.705. The van der Waals surface area contributed by atoms with Crippen LogP contribution >= 0.6 is 22.6 Å². The molecule has 3 unspecified atom stereocenters. The monoisotopic (exact) mass is 282 g/mol. The summed E-state index contributed by atoms with van der Waals surface area (Å²) >= 11 is 2.49. The number of piperazine rings is 1. The predicted octanol–water partition coefficient (Wildman–Crippen LogP) is 1.40. The number of nitrogens with one attached hydrogen (secondary N) is 2. The molecule has 1 rings (SSSR count). The molecular formula is C9H19IN2. The van der Waals surface area contributed by atoms with Crippen LogP contribution in [0.15, 0.2) is 0 Å². The number of halogens is 1. The molecule has 1 fully saturated rings. The summed E-state index contributed by atoms with van der Waals surface area (Å²) in [5.74, 6) is 0.732. The highest BCUT2D eigenvalue weighted by Crippen LogP contribution is 2.11. The Hall–Kier alpha value is 0.650. The van der Waals surface area contributed by atoms with Crippen molar-refractivity contribution in [2.45, 2.75) is 36.8 Å². The molecule has 1 saturated heterocycles. The van der Waals surface area contributed by atoms with Crippen molar-refractivity contribution < 1.29 is 0 Å². The van der Waals surface area contributed by atoms with E-state index >= 15 is 0 Å². The minimum atomic E-state index is 0.645. The minimum Gasteiger partial charge on any atom is -0.314 e. The van der Waals surface area contributed by atoms with Crippen molar-refractivity contribution in [3.63, 3.8) is 0 Å². The predicted molar refractivity (Wildman–Crippen MR) is 61.9 cm³/mol. The first-order valence-electron chi connectivity index (χ1n) is 4.72. The van der Waals surface area contributed by atoms with E-state index < -0.39 is 0 Å². The van der Waals surface area contributed by atoms with Gasteiger partial charge in [-0.15, -0.1) is 0 Å². The molecule has 0 aliphatic carbocycles. The fourth-order valence-electron chi connectivity index (χ4n) is 1.51. The van der Waals surface area contributed by atoms with Crippen LogP contribution in [0.4, 0.5) is 0 Å². The van der Waals surface area contributed by atoms with Gasteiger partial charge in [0.1, 0.15) is 0 Å². The molecule has 1 heterocycles. The van der Waals surface area contributed by atoms with Gasteiger partial charge in [-0.3, -0.25) is 0 Å². The van der Waals surface area contributed by atoms with E-state index in [9.17, 15) is 0 Å². The Balaban J connectivity index is 2.40. The highest BCUT2D eigenvalue weighted by Gasteiger charge is 2.24. The second-order valence-corrected chi connectivity index (χ2v) is 5.92. The van der Waals surface area contributed by atoms with Gasteiger partial charge in [0, 0.05) is 29.1 Å². The third-order valence-corrected chi connectivity index (χ3v) is 3.38. The van der Waals surface area contributed by atoms with Gasteiger partial charge in [0.2, 0.25) is 0 Å². The molecule has 72 valence electrons. The van der Waals surface area contributed by atoms with Gasteiger partial charge in [-0.05, 0) is 5.92 Å². The van der Waals surface area contributed by atoms with Gasteiger partial charge in [0.15, 0.2) is 0 Å². The molecule has 3 atom stereocenters. The molecule has 0 amide bonds. The van der Waals surface area contributed by atoms with Crippen LogP contribution in [0.1, 0.15) is 20.8 Å². The SMILES string of the molecule is CC(C)C1CNCC(C(C)I)N1. The van der Waals surface area contributed by atoms with Crippen molar-refractivity contribution >= 4 is 22.6 Å². The van der Waals surface area contributed by atoms with Crippen LogP contribution in [0.5, 0.6) is 0 Å². The Labute approximate surface area is 89.0 Å². The summed E-state index contributed by atoms with van der Waals surface area (Å²) in [5, 5.41) is 7.16. The molecule has 0 aromatic rings. The van der Waals surface area contributed by atoms with Crippen molar-refractivity contribution in [2.75, 3.05) is 13.1 Å². The average Bonchev–Trinajstić information content (AvgIpc) is 2.04. The maximum Gasteiger partial charge on any atom is 0.0310 e. The molecule has 2 N–H and O–H groups in total. The Morgan fingerprint density at radius 3 is 2.25 bits per heavy atom. The van der Waals surface area contributed by atoms with Crippen molar-refractivity contribution in [2.24, 2.45) is 5.92 Å². The van der Waals surface area contributed by atoms with Gasteiger partial charge >= 0.3 is 0 Å². The van der Waals surface area contributed by atoms with E-state index in [4.69, 9.17) is 0 Å². The van der Waals surface area contributed by atoms with E-state index in [1.54, 1.807) is 0 Å². The second-order valence-electron chi connectivity index (χ2n) is 3.96. The van der Waals surface area contributed by atoms with Crippen LogP contribution in [0.25, 0.3) is 0 Å². The lowest BCUT2D eigenvalue weighted by Crippen LogP contribution is -2.59. The summed E-state index contributed by atoms with van der Waals surface area (Å²) in [4.78, 5) is 0. The first-order valence-corrected chi connectivity index (χ1v) is 5.96. The van der Waals surface area contributed by atoms with Crippen LogP contribution in [-0.4, -0.2) is 29.1 Å². The normalized spacial score (nSPS) is 33.8. The summed E-state index contributed by atoms with van der Waals surface area (Å²) in [7, 11) is 0. The largest absolute Gasteiger partial charge is 0.314 e. The highest BCUT2D eigenvalue weighted by molar-refractivity contribution is 14.1. The molecule has 1 aliphatic heterocycles. The molecule has 0 spiro atoms. The maximum atomic E-state index is 3.68. The number of rotatable bonds is 2. The quantitative estimate of drug-likeness (QED) is 0.591. The van der Waals surface area contributed by atoms with E-state index in [2.05, 4.69) is 54.0 Å². The van der Waals surface area contributed by atoms with E-state index in [0.29, 0.717) is 16.0 Å². The molecule has 3 heteroatoms. The third kappa shape index (κ3) is 2.85. The number of alkyl halides is 1. The van der Waals surface area contributed by atoms with Gasteiger partial charge in [0.25, 0.3) is 0 Å². The van der Waals surface area contributed by atoms with Gasteiger partial charge in [-0.1, -0.05) is 43.4 Å². The summed E-state index contributed by atoms with van der Waals surface area (Å²) in [6, 6.07) is 1.30. The number of hydrogen-bond acceptors (Lipinski definition) is 2. The average molecular weight is 282 g/mol. The van der Waals surface area contributed by atoms with E-state index in [1.807, 2.05) is 0 Å². The van der Waals surface area contributed by atoms with E-state index in [-0.39, 0.29) is 0 Å². The van der Waals surface area contributed by atoms with Crippen molar-refractivity contribution in [3.8, 4) is 0 Å². The van der Waals surface area contributed by atoms with E-state index in [0.717, 1.165) is 19.0 Å². The fraction of sp³-hybridized carbons (Fsp3) is 1.00. The molecule has 0 aromatic heterocycles. The Kier molecular flexibility index (Phi) is 4.26. The third-order valence-electron chi connectivity index (χ3n) is 2.52. The Morgan fingerprint density at radius 2 is 1.75 bits per heavy atom. The first-order chi connectivity index (χ1) is 5.61. The van der Waals surface area contributed by atoms with Gasteiger partial charge in [-0.2, -0.15) is 0 Å². The molecule has 12 heavy (non-hydrogen) atoms. The van der Waals surface area contributed by atoms with Crippen molar-refractivity contribution in [1.29, 1.82) is 0 Å². The fourth-order valence-corrected chi connectivity index (χ4v) is 1.97. The zero-order chi connectivity index (χ0) is 9.14. The van der Waals surface area contributed by atoms with Crippen LogP contribution in [0.3, 0.4) is 0 Å². The molecule has 0 bridgehead atoms. The Morgan fingerprint density at radius 1 is 1.17 bits per heavy atom. The standard InChI is InChI=1S/C9H19IN2/c1-6(2)8-4-11-5-9(12-8)7(3)10/h6-9,11-12H,4-5H2,1-3H3. The zero-order valence-electron chi connectivity index (χ0n) is 8.10. The van der Waals surface area contributed by atoms with Gasteiger partial charge < -0.3 is 10.6 Å². The van der Waals surface area contributed by atoms with Crippen LogP contribution in [-0.2, 0) is 0 Å². The molecule has 0 radical (unpaired) electrons. The zero-order valence-corrected chi connectivity index (χ0v) is 10.3. The maximum absolute atomic E-state index is 3.68. The summed E-state index contributed by atoms with van der Waals surface area (Å²) in [6.45, 7) is 9.06. The molecule has 2 nitrogen and oxygen atoms in total.